The minimum Gasteiger partial charge on any atom is -0.748 e. The van der Waals surface area contributed by atoms with E-state index in [4.69, 9.17) is 14.2 Å². The number of unbranched alkanes of at least 4 members (excludes halogenated alkanes) is 3. The largest absolute Gasteiger partial charge is 1.00 e. The molecule has 3 amide bonds. The summed E-state index contributed by atoms with van der Waals surface area (Å²) in [6.45, 7) is 19.5. The van der Waals surface area contributed by atoms with Crippen LogP contribution in [0.2, 0.25) is 0 Å². The minimum atomic E-state index is -4.38. The first-order valence-electron chi connectivity index (χ1n) is 37.2. The van der Waals surface area contributed by atoms with E-state index in [-0.39, 0.29) is 105 Å². The Labute approximate surface area is 668 Å². The van der Waals surface area contributed by atoms with Gasteiger partial charge in [0.15, 0.2) is 5.71 Å². The Morgan fingerprint density at radius 2 is 1.56 bits per heavy atom. The third kappa shape index (κ3) is 21.0. The molecule has 5 aromatic carbocycles. The van der Waals surface area contributed by atoms with E-state index in [1.54, 1.807) is 30.3 Å². The number of aromatic nitrogens is 3. The molecule has 20 nitrogen and oxygen atoms in total. The summed E-state index contributed by atoms with van der Waals surface area (Å²) in [5, 5.41) is 32.6. The molecule has 1 aromatic heterocycles. The van der Waals surface area contributed by atoms with Gasteiger partial charge in [-0.1, -0.05) is 126 Å². The van der Waals surface area contributed by atoms with Gasteiger partial charge >= 0.3 is 47.5 Å². The number of allylic oxidation sites excluding steroid dienone is 7. The van der Waals surface area contributed by atoms with Gasteiger partial charge in [-0.3, -0.25) is 19.2 Å². The summed E-state index contributed by atoms with van der Waals surface area (Å²) in [6.07, 6.45) is 20.1. The Balaban J connectivity index is 0.0000122. The number of ketones is 1. The molecule has 0 radical (unpaired) electrons. The number of aliphatic carboxylic acids is 1. The number of esters is 1. The summed E-state index contributed by atoms with van der Waals surface area (Å²) in [6, 6.07) is 33.7. The molecule has 1 aliphatic carbocycles. The fourth-order valence-electron chi connectivity index (χ4n) is 15.5. The molecule has 6 aromatic rings. The van der Waals surface area contributed by atoms with Crippen molar-refractivity contribution in [3.63, 3.8) is 0 Å². The van der Waals surface area contributed by atoms with E-state index >= 15 is 0 Å². The molecular weight excluding hydrogens is 1490 g/mol. The molecule has 5 atom stereocenters. The number of thioether (sulfide) groups is 2. The smallest absolute Gasteiger partial charge is 0.748 e. The summed E-state index contributed by atoms with van der Waals surface area (Å²) in [4.78, 5) is 68.2. The molecular formula is C82H100BrN8NaO12S3. The first-order chi connectivity index (χ1) is 50.8. The van der Waals surface area contributed by atoms with Crippen LogP contribution in [0.25, 0.3) is 21.5 Å². The zero-order valence-corrected chi connectivity index (χ0v) is 68.7. The molecule has 0 spiro atoms. The van der Waals surface area contributed by atoms with Crippen molar-refractivity contribution in [2.45, 2.75) is 182 Å². The van der Waals surface area contributed by atoms with Crippen molar-refractivity contribution >= 4 is 124 Å². The number of halogens is 1. The van der Waals surface area contributed by atoms with Crippen LogP contribution in [0.15, 0.2) is 154 Å². The first kappa shape index (κ1) is 83.0. The van der Waals surface area contributed by atoms with Crippen LogP contribution in [-0.2, 0) is 67.3 Å². The Kier molecular flexibility index (Phi) is 29.1. The number of carbonyl (C=O) groups is 5. The maximum Gasteiger partial charge on any atom is 1.00 e. The van der Waals surface area contributed by atoms with Gasteiger partial charge in [-0.05, 0) is 166 Å². The number of urea groups is 1. The third-order valence-electron chi connectivity index (χ3n) is 21.0. The van der Waals surface area contributed by atoms with Crippen LogP contribution >= 0.6 is 39.5 Å². The monoisotopic (exact) mass is 1590 g/mol. The summed E-state index contributed by atoms with van der Waals surface area (Å²) < 4.78 is 56.4. The SMILES string of the molecule is [CH2-]CCCN1/C(=C/C=C2\CCCC(/C=C/C3=[N+](CCCCS(=O)(=O)[O-])c4ccc5ccccc5c4C3(C)C)=C2Sc2ccc(NC(=O)C(CC(Br)C(=O)O)CC(C)(C)C(=O)OCCOCCOCCn3cc(CCC(=O)CCCCC4SCC5NC(=O)NC54)nn3)cc2)C(C)(C)c2c1ccc1ccccc21.[Na+]. The second-order valence-electron chi connectivity index (χ2n) is 29.9. The van der Waals surface area contributed by atoms with Crippen molar-refractivity contribution in [2.24, 2.45) is 11.3 Å². The van der Waals surface area contributed by atoms with Crippen LogP contribution in [0.3, 0.4) is 0 Å². The van der Waals surface area contributed by atoms with Crippen LogP contribution in [0.5, 0.6) is 0 Å². The van der Waals surface area contributed by atoms with E-state index in [2.05, 4.69) is 177 Å². The number of hydrogen-bond acceptors (Lipinski definition) is 16. The predicted octanol–water partition coefficient (Wildman–Crippen LogP) is 12.0. The van der Waals surface area contributed by atoms with Gasteiger partial charge in [-0.15, -0.1) is 5.10 Å². The maximum absolute atomic E-state index is 14.4. The van der Waals surface area contributed by atoms with Gasteiger partial charge in [0.05, 0.1) is 71.7 Å². The molecule has 25 heteroatoms. The van der Waals surface area contributed by atoms with Crippen LogP contribution in [0.4, 0.5) is 21.9 Å². The van der Waals surface area contributed by atoms with Crippen molar-refractivity contribution in [1.29, 1.82) is 0 Å². The number of ether oxygens (including phenoxy) is 3. The fourth-order valence-corrected chi connectivity index (χ4v) is 19.2. The third-order valence-corrected chi connectivity index (χ3v) is 25.3. The van der Waals surface area contributed by atoms with Crippen LogP contribution in [0, 0.1) is 18.3 Å². The molecule has 5 aliphatic rings. The van der Waals surface area contributed by atoms with E-state index in [1.807, 2.05) is 48.3 Å². The Morgan fingerprint density at radius 1 is 0.850 bits per heavy atom. The normalized spacial score (nSPS) is 19.5. The zero-order valence-electron chi connectivity index (χ0n) is 62.7. The number of carbonyl (C=O) groups excluding carboxylic acids is 4. The number of aryl methyl sites for hydroxylation is 1. The van der Waals surface area contributed by atoms with Crippen LogP contribution < -0.4 is 50.4 Å². The number of Topliss-reactive ketones (excluding diaryl/α,β-unsaturated/α-hetero) is 1. The number of benzene rings is 5. The Morgan fingerprint density at radius 3 is 2.29 bits per heavy atom. The molecule has 5 unspecified atom stereocenters. The Hall–Kier alpha value is -6.45. The molecule has 4 N–H and O–H groups in total. The number of amides is 3. The van der Waals surface area contributed by atoms with Crippen molar-refractivity contribution in [1.82, 2.24) is 25.6 Å². The number of anilines is 2. The summed E-state index contributed by atoms with van der Waals surface area (Å²) in [5.74, 6) is -2.34. The summed E-state index contributed by atoms with van der Waals surface area (Å²) >= 11 is 6.82. The number of hydrogen-bond donors (Lipinski definition) is 4. The van der Waals surface area contributed by atoms with Gasteiger partial charge in [0, 0.05) is 105 Å². The van der Waals surface area contributed by atoms with Crippen LogP contribution in [-0.4, -0.2) is 153 Å². The number of nitrogens with zero attached hydrogens (tertiary/aromatic N) is 5. The average Bonchev–Trinajstić information content (AvgIpc) is 1.58. The average molecular weight is 1590 g/mol. The molecule has 0 bridgehead atoms. The molecule has 5 heterocycles. The van der Waals surface area contributed by atoms with Gasteiger partial charge in [-0.25, -0.2) is 17.9 Å². The fraction of sp³-hybridized carbons (Fsp3) is 0.476. The summed E-state index contributed by atoms with van der Waals surface area (Å²) in [7, 11) is -4.38. The number of rotatable bonds is 38. The van der Waals surface area contributed by atoms with Gasteiger partial charge < -0.3 is 51.6 Å². The molecule has 0 saturated carbocycles. The Bertz CT molecular complexity index is 4500. The van der Waals surface area contributed by atoms with Crippen LogP contribution in [0.1, 0.15) is 148 Å². The predicted molar refractivity (Wildman–Crippen MR) is 423 cm³/mol. The van der Waals surface area contributed by atoms with E-state index < -0.39 is 55.3 Å². The first-order valence-corrected chi connectivity index (χ1v) is 41.6. The topological polar surface area (TPSA) is 264 Å². The van der Waals surface area contributed by atoms with E-state index in [0.717, 1.165) is 107 Å². The van der Waals surface area contributed by atoms with Crippen molar-refractivity contribution < 1.29 is 90.4 Å². The molecule has 2 fully saturated rings. The van der Waals surface area contributed by atoms with Gasteiger partial charge in [-0.2, -0.15) is 22.8 Å². The van der Waals surface area contributed by atoms with E-state index in [1.165, 1.54) is 38.9 Å². The van der Waals surface area contributed by atoms with E-state index in [0.29, 0.717) is 56.3 Å². The van der Waals surface area contributed by atoms with Gasteiger partial charge in [0.25, 0.3) is 0 Å². The number of carboxylic acids is 1. The second-order valence-corrected chi connectivity index (χ2v) is 34.9. The quantitative estimate of drug-likeness (QED) is 0.00410. The van der Waals surface area contributed by atoms with E-state index in [9.17, 15) is 42.0 Å². The zero-order chi connectivity index (χ0) is 75.3. The van der Waals surface area contributed by atoms with Gasteiger partial charge in [0.1, 0.15) is 23.8 Å². The summed E-state index contributed by atoms with van der Waals surface area (Å²) in [5.41, 5.74) is 8.68. The van der Waals surface area contributed by atoms with Crippen molar-refractivity contribution in [2.75, 3.05) is 67.8 Å². The number of alkyl halides is 1. The standard InChI is InChI=1S/C82H101BrN8O12S3.Na/c1-8-9-41-90-67-37-27-54-19-10-13-24-63(54)72(67)81(4,5)70(90)39-29-56-21-18-22-57(30-40-71-82(6,7)73-64-25-14-11-20-55(64)28-38-68(73)91(71)42-16-17-49-106(98,99)100)75(56)105-62-35-32-59(33-36-62)84-76(93)58(50-65(83)77(94)95)51-80(2,3)78(96)103-48-47-102-46-45-101-44-43-89-52-60(87-88-89)31-34-61(92)23-12-15-26-69-74-66(53-104-69)85-79(97)86-74;/h10-11,13-14,19-20,24-25,27-30,32-33,35-40,52,58,65-66,69,74H,1,8-9,12,15-18,21-23,26,31,34,41-51,53H2,2-7H3,(H,84,93)(H,94,95)(H2,85,86,97)(H,98,99,100);/q;+1/p-1. The van der Waals surface area contributed by atoms with Gasteiger partial charge in [0.2, 0.25) is 11.6 Å². The van der Waals surface area contributed by atoms with Crippen molar-refractivity contribution in [3.05, 3.63) is 173 Å². The molecule has 4 aliphatic heterocycles. The molecule has 2 saturated heterocycles. The number of fused-ring (bicyclic) bond motifs is 7. The molecule has 107 heavy (non-hydrogen) atoms. The minimum absolute atomic E-state index is 0. The molecule has 566 valence electrons. The molecule has 11 rings (SSSR count). The van der Waals surface area contributed by atoms with Crippen molar-refractivity contribution in [3.8, 4) is 0 Å². The number of nitrogens with one attached hydrogen (secondary N) is 3. The maximum atomic E-state index is 14.4. The number of carboxylic acid groups (broad SMARTS) is 1. The second kappa shape index (κ2) is 37.5.